The predicted octanol–water partition coefficient (Wildman–Crippen LogP) is -3.19. The van der Waals surface area contributed by atoms with Crippen LogP contribution in [0.5, 0.6) is 0 Å². The van der Waals surface area contributed by atoms with E-state index in [0.29, 0.717) is 0 Å². The molecular weight excluding hydrogens is 125 g/mol. The molecule has 0 fully saturated rings. The van der Waals surface area contributed by atoms with E-state index in [1.807, 2.05) is 0 Å². The molecule has 0 aliphatic rings. The minimum absolute atomic E-state index is 0. The maximum atomic E-state index is 8.33. The molecule has 0 spiro atoms. The summed E-state index contributed by atoms with van der Waals surface area (Å²) in [5, 5.41) is 16.7. The maximum absolute atomic E-state index is 8.33. The van der Waals surface area contributed by atoms with Crippen molar-refractivity contribution < 1.29 is 15.0 Å². The Hall–Kier alpha value is 0.279. The number of nitrogens with zero attached hydrogens (tertiary/aromatic N) is 1. The third-order valence-corrected chi connectivity index (χ3v) is 0. The summed E-state index contributed by atoms with van der Waals surface area (Å²) in [4.78, 5) is 8.33. The van der Waals surface area contributed by atoms with Crippen LogP contribution < -0.4 is 10.2 Å². The van der Waals surface area contributed by atoms with Crippen LogP contribution in [0.1, 0.15) is 0 Å². The van der Waals surface area contributed by atoms with Crippen LogP contribution >= 0.6 is 0 Å². The Kier molecular flexibility index (Phi) is 36.4. The summed E-state index contributed by atoms with van der Waals surface area (Å²) in [5.74, 6) is 0. The van der Waals surface area contributed by atoms with E-state index in [0.717, 1.165) is 0 Å². The molecule has 0 heterocycles. The Bertz CT molecular complexity index is 59.2. The molecule has 0 aliphatic carbocycles. The van der Waals surface area contributed by atoms with Gasteiger partial charge in [0.15, 0.2) is 0 Å². The average molecular weight is 125 g/mol. The monoisotopic (exact) mass is 125 g/mol. The van der Waals surface area contributed by atoms with E-state index in [9.17, 15) is 0 Å². The van der Waals surface area contributed by atoms with E-state index in [2.05, 4.69) is 0 Å². The number of carbonyl (C=O) groups excluding carboxylic acids is 1. The number of hydrogen-bond donors (Lipinski definition) is 0. The van der Waals surface area contributed by atoms with Crippen molar-refractivity contribution in [2.45, 2.75) is 0 Å². The summed E-state index contributed by atoms with van der Waals surface area (Å²) in [5.41, 5.74) is 0. The van der Waals surface area contributed by atoms with Gasteiger partial charge in [-0.2, -0.15) is 0 Å². The number of carbonyl (C=O) groups is 1. The zero-order valence-corrected chi connectivity index (χ0v) is 6.03. The van der Waals surface area contributed by atoms with Gasteiger partial charge in [-0.05, 0) is 6.16 Å². The van der Waals surface area contributed by atoms with Crippen LogP contribution in [-0.4, -0.2) is 45.1 Å². The van der Waals surface area contributed by atoms with Crippen molar-refractivity contribution in [1.82, 2.24) is 0 Å². The third-order valence-electron chi connectivity index (χ3n) is 0. The van der Waals surface area contributed by atoms with Gasteiger partial charge in [0.25, 0.3) is 0 Å². The summed E-state index contributed by atoms with van der Waals surface area (Å²) in [6.07, 6.45) is -2.33. The Morgan fingerprint density at radius 3 is 1.43 bits per heavy atom. The summed E-state index contributed by atoms with van der Waals surface area (Å²) in [7, 11) is 0. The van der Waals surface area contributed by atoms with E-state index >= 15 is 0 Å². The van der Waals surface area contributed by atoms with Crippen molar-refractivity contribution in [2.24, 2.45) is 0 Å². The molecule has 0 rings (SSSR count). The van der Waals surface area contributed by atoms with Gasteiger partial charge in [0.05, 0.1) is 0 Å². The van der Waals surface area contributed by atoms with E-state index in [4.69, 9.17) is 19.2 Å². The van der Waals surface area contributed by atoms with Crippen molar-refractivity contribution in [3.8, 4) is 0 Å². The molecule has 0 N–H and O–H groups in total. The predicted molar refractivity (Wildman–Crippen MR) is 18.6 cm³/mol. The first-order chi connectivity index (χ1) is 2.73. The van der Waals surface area contributed by atoms with Gasteiger partial charge >= 0.3 is 43.1 Å². The van der Waals surface area contributed by atoms with Crippen LogP contribution in [0.15, 0.2) is 0 Å². The Balaban J connectivity index is -0.0000000480. The standard InChI is InChI=1S/CH2O3.Al.Mg.N/c2-1(3)4;;;/h(H2,2,3,4);;;/q;;+2;/p-2. The van der Waals surface area contributed by atoms with Crippen molar-refractivity contribution in [1.29, 1.82) is 4.17 Å². The molecule has 4 nitrogen and oxygen atoms in total. The van der Waals surface area contributed by atoms with E-state index in [-0.39, 0.29) is 23.1 Å². The van der Waals surface area contributed by atoms with Crippen LogP contribution in [0.3, 0.4) is 0 Å². The second-order valence-electron chi connectivity index (χ2n) is 0.250. The Morgan fingerprint density at radius 1 is 1.43 bits per heavy atom. The van der Waals surface area contributed by atoms with Gasteiger partial charge in [-0.25, -0.2) is 0 Å². The number of rotatable bonds is 0. The second-order valence-corrected chi connectivity index (χ2v) is 0.250. The van der Waals surface area contributed by atoms with Crippen molar-refractivity contribution in [3.05, 3.63) is 0 Å². The molecule has 0 saturated carbocycles. The fourth-order valence-electron chi connectivity index (χ4n) is 0. The molecule has 0 aromatic heterocycles. The fraction of sp³-hybridized carbons (Fsp3) is 0. The number of carboxylic acid groups (broad SMARTS) is 2. The first-order valence-corrected chi connectivity index (χ1v) is 1.39. The third kappa shape index (κ3) is 1480. The molecule has 0 atom stereocenters. The molecule has 0 radical (unpaired) electrons. The summed E-state index contributed by atoms with van der Waals surface area (Å²) in [6, 6.07) is 0. The fourth-order valence-corrected chi connectivity index (χ4v) is 0. The van der Waals surface area contributed by atoms with Crippen molar-refractivity contribution >= 4 is 45.1 Å². The number of hydrogen-bond acceptors (Lipinski definition) is 4. The van der Waals surface area contributed by atoms with Crippen molar-refractivity contribution in [2.75, 3.05) is 0 Å². The van der Waals surface area contributed by atoms with Crippen LogP contribution in [0.25, 0.3) is 0 Å². The van der Waals surface area contributed by atoms with Gasteiger partial charge in [-0.3, -0.25) is 0 Å². The average Bonchev–Trinajstić information content (AvgIpc) is 1.41. The SMILES string of the molecule is O=C([O-])[O-].[Mg+2].[N]#[Al]. The quantitative estimate of drug-likeness (QED) is 0.319. The molecule has 0 saturated heterocycles. The zero-order valence-electron chi connectivity index (χ0n) is 3.46. The molecule has 0 aromatic rings. The second kappa shape index (κ2) is 16.3. The van der Waals surface area contributed by atoms with Gasteiger partial charge in [-0.15, -0.1) is 0 Å². The summed E-state index contributed by atoms with van der Waals surface area (Å²) >= 11 is 1.42. The van der Waals surface area contributed by atoms with Gasteiger partial charge in [0.1, 0.15) is 0 Å². The van der Waals surface area contributed by atoms with E-state index in [1.165, 1.54) is 15.9 Å². The Labute approximate surface area is 64.3 Å². The van der Waals surface area contributed by atoms with E-state index in [1.54, 1.807) is 0 Å². The van der Waals surface area contributed by atoms with Crippen LogP contribution in [0.2, 0.25) is 0 Å². The van der Waals surface area contributed by atoms with Crippen LogP contribution in [0.4, 0.5) is 4.79 Å². The summed E-state index contributed by atoms with van der Waals surface area (Å²) in [6.45, 7) is 0. The molecule has 7 heavy (non-hydrogen) atoms. The molecule has 0 unspecified atom stereocenters. The molecule has 0 bridgehead atoms. The molecule has 0 aromatic carbocycles. The zero-order chi connectivity index (χ0) is 5.58. The van der Waals surface area contributed by atoms with Gasteiger partial charge < -0.3 is 15.0 Å². The minimum atomic E-state index is -2.33. The van der Waals surface area contributed by atoms with Crippen molar-refractivity contribution in [3.63, 3.8) is 0 Å². The molecule has 0 amide bonds. The van der Waals surface area contributed by atoms with Gasteiger partial charge in [0.2, 0.25) is 0 Å². The molecule has 0 aliphatic heterocycles. The summed E-state index contributed by atoms with van der Waals surface area (Å²) < 4.78 is 6.92. The normalized spacial score (nSPS) is 4.14. The molecule has 32 valence electrons. The first-order valence-electron chi connectivity index (χ1n) is 0.871. The van der Waals surface area contributed by atoms with E-state index < -0.39 is 6.16 Å². The molecular formula is CAlMgNO3. The molecule has 6 heteroatoms. The first kappa shape index (κ1) is 15.7. The van der Waals surface area contributed by atoms with Gasteiger partial charge in [0, 0.05) is 0 Å². The Morgan fingerprint density at radius 2 is 1.43 bits per heavy atom. The topological polar surface area (TPSA) is 87.0 Å². The van der Waals surface area contributed by atoms with Gasteiger partial charge in [-0.1, -0.05) is 0 Å². The van der Waals surface area contributed by atoms with Crippen LogP contribution in [0, 0.1) is 4.17 Å². The van der Waals surface area contributed by atoms with Crippen LogP contribution in [-0.2, 0) is 0 Å².